The summed E-state index contributed by atoms with van der Waals surface area (Å²) in [6.07, 6.45) is -0.919. The molecule has 1 aromatic rings. The van der Waals surface area contributed by atoms with Gasteiger partial charge in [-0.05, 0) is 12.1 Å². The van der Waals surface area contributed by atoms with Gasteiger partial charge in [-0.15, -0.1) is 0 Å². The second-order valence-electron chi connectivity index (χ2n) is 5.11. The van der Waals surface area contributed by atoms with Gasteiger partial charge in [-0.3, -0.25) is 4.79 Å². The van der Waals surface area contributed by atoms with Crippen LogP contribution in [0.1, 0.15) is 32.4 Å². The summed E-state index contributed by atoms with van der Waals surface area (Å²) in [4.78, 5) is 11.7. The Morgan fingerprint density at radius 1 is 1.33 bits per heavy atom. The number of nitrogens with one attached hydrogen (secondary N) is 1. The van der Waals surface area contributed by atoms with Crippen LogP contribution in [-0.4, -0.2) is 17.6 Å². The molecule has 0 aliphatic heterocycles. The Morgan fingerprint density at radius 2 is 1.83 bits per heavy atom. The van der Waals surface area contributed by atoms with Gasteiger partial charge in [0.2, 0.25) is 5.91 Å². The zero-order valence-corrected chi connectivity index (χ0v) is 12.1. The third-order valence-electron chi connectivity index (χ3n) is 2.47. The molecule has 1 rings (SSSR count). The molecule has 0 aromatic heterocycles. The minimum absolute atomic E-state index is 0.0829. The topological polar surface area (TPSA) is 49.3 Å². The van der Waals surface area contributed by atoms with Crippen LogP contribution >= 0.6 is 23.2 Å². The summed E-state index contributed by atoms with van der Waals surface area (Å²) < 4.78 is 0. The second kappa shape index (κ2) is 5.91. The number of amides is 1. The number of hydrogen-bond acceptors (Lipinski definition) is 2. The molecule has 1 amide bonds. The first-order chi connectivity index (χ1) is 8.23. The lowest BCUT2D eigenvalue weighted by atomic mass is 9.95. The molecule has 100 valence electrons. The Labute approximate surface area is 117 Å². The number of carbonyl (C=O) groups excluding carboxylic acids is 1. The van der Waals surface area contributed by atoms with Crippen LogP contribution in [0.5, 0.6) is 0 Å². The van der Waals surface area contributed by atoms with E-state index in [4.69, 9.17) is 23.2 Å². The summed E-state index contributed by atoms with van der Waals surface area (Å²) in [5, 5.41) is 13.5. The van der Waals surface area contributed by atoms with Crippen LogP contribution in [0.25, 0.3) is 0 Å². The molecule has 18 heavy (non-hydrogen) atoms. The molecular weight excluding hydrogens is 273 g/mol. The highest BCUT2D eigenvalue weighted by atomic mass is 35.5. The van der Waals surface area contributed by atoms with Gasteiger partial charge >= 0.3 is 0 Å². The molecule has 0 heterocycles. The van der Waals surface area contributed by atoms with Gasteiger partial charge in [0.25, 0.3) is 0 Å². The molecule has 0 fully saturated rings. The quantitative estimate of drug-likeness (QED) is 0.898. The SMILES string of the molecule is CC(C)(C)C(=O)NC[C@H](O)c1c(Cl)cccc1Cl. The molecule has 1 atom stereocenters. The highest BCUT2D eigenvalue weighted by Gasteiger charge is 2.23. The smallest absolute Gasteiger partial charge is 0.225 e. The van der Waals surface area contributed by atoms with Crippen LogP contribution in [0.2, 0.25) is 10.0 Å². The average Bonchev–Trinajstić information content (AvgIpc) is 2.24. The van der Waals surface area contributed by atoms with Crippen LogP contribution in [0.4, 0.5) is 0 Å². The van der Waals surface area contributed by atoms with Crippen molar-refractivity contribution in [2.75, 3.05) is 6.54 Å². The third kappa shape index (κ3) is 3.87. The number of rotatable bonds is 3. The maximum atomic E-state index is 11.7. The molecule has 0 saturated carbocycles. The van der Waals surface area contributed by atoms with Gasteiger partial charge in [0.1, 0.15) is 0 Å². The van der Waals surface area contributed by atoms with Gasteiger partial charge < -0.3 is 10.4 Å². The first kappa shape index (κ1) is 15.3. The molecule has 0 aliphatic carbocycles. The van der Waals surface area contributed by atoms with Crippen molar-refractivity contribution in [3.8, 4) is 0 Å². The van der Waals surface area contributed by atoms with Gasteiger partial charge in [0.15, 0.2) is 0 Å². The average molecular weight is 290 g/mol. The van der Waals surface area contributed by atoms with Crippen LogP contribution in [0, 0.1) is 5.41 Å². The first-order valence-corrected chi connectivity index (χ1v) is 6.39. The summed E-state index contributed by atoms with van der Waals surface area (Å²) in [5.74, 6) is -0.135. The predicted octanol–water partition coefficient (Wildman–Crippen LogP) is 3.19. The Hall–Kier alpha value is -0.770. The van der Waals surface area contributed by atoms with Gasteiger partial charge in [0, 0.05) is 27.6 Å². The normalized spacial score (nSPS) is 13.2. The number of aliphatic hydroxyl groups excluding tert-OH is 1. The lowest BCUT2D eigenvalue weighted by molar-refractivity contribution is -0.128. The highest BCUT2D eigenvalue weighted by Crippen LogP contribution is 2.29. The fourth-order valence-corrected chi connectivity index (χ4v) is 2.03. The maximum Gasteiger partial charge on any atom is 0.225 e. The van der Waals surface area contributed by atoms with E-state index in [0.29, 0.717) is 15.6 Å². The van der Waals surface area contributed by atoms with Crippen molar-refractivity contribution in [2.24, 2.45) is 5.41 Å². The van der Waals surface area contributed by atoms with Crippen LogP contribution < -0.4 is 5.32 Å². The van der Waals surface area contributed by atoms with Crippen LogP contribution in [0.3, 0.4) is 0 Å². The van der Waals surface area contributed by atoms with E-state index in [0.717, 1.165) is 0 Å². The van der Waals surface area contributed by atoms with Gasteiger partial charge in [-0.1, -0.05) is 50.0 Å². The number of benzene rings is 1. The summed E-state index contributed by atoms with van der Waals surface area (Å²) in [6.45, 7) is 5.49. The number of hydrogen-bond donors (Lipinski definition) is 2. The van der Waals surface area contributed by atoms with E-state index in [1.54, 1.807) is 39.0 Å². The fourth-order valence-electron chi connectivity index (χ4n) is 1.39. The number of carbonyl (C=O) groups is 1. The van der Waals surface area contributed by atoms with Crippen molar-refractivity contribution in [3.63, 3.8) is 0 Å². The summed E-state index contributed by atoms with van der Waals surface area (Å²) in [7, 11) is 0. The molecule has 0 aliphatic rings. The lowest BCUT2D eigenvalue weighted by Crippen LogP contribution is -2.37. The second-order valence-corrected chi connectivity index (χ2v) is 5.93. The zero-order valence-electron chi connectivity index (χ0n) is 10.6. The molecule has 0 bridgehead atoms. The molecular formula is C13H17Cl2NO2. The van der Waals surface area contributed by atoms with Gasteiger partial charge in [-0.2, -0.15) is 0 Å². The first-order valence-electron chi connectivity index (χ1n) is 5.63. The summed E-state index contributed by atoms with van der Waals surface area (Å²) in [6, 6.07) is 5.00. The van der Waals surface area contributed by atoms with E-state index >= 15 is 0 Å². The Balaban J connectivity index is 2.72. The number of halogens is 2. The zero-order chi connectivity index (χ0) is 13.9. The van der Waals surface area contributed by atoms with Crippen molar-refractivity contribution >= 4 is 29.1 Å². The van der Waals surface area contributed by atoms with Crippen LogP contribution in [-0.2, 0) is 4.79 Å². The highest BCUT2D eigenvalue weighted by molar-refractivity contribution is 6.36. The molecule has 0 unspecified atom stereocenters. The summed E-state index contributed by atoms with van der Waals surface area (Å²) in [5.41, 5.74) is -0.0562. The molecule has 2 N–H and O–H groups in total. The molecule has 1 aromatic carbocycles. The van der Waals surface area contributed by atoms with Crippen molar-refractivity contribution < 1.29 is 9.90 Å². The minimum Gasteiger partial charge on any atom is -0.386 e. The molecule has 0 saturated heterocycles. The van der Waals surface area contributed by atoms with Gasteiger partial charge in [0.05, 0.1) is 6.10 Å². The minimum atomic E-state index is -0.919. The van der Waals surface area contributed by atoms with E-state index in [-0.39, 0.29) is 12.5 Å². The monoisotopic (exact) mass is 289 g/mol. The van der Waals surface area contributed by atoms with Crippen molar-refractivity contribution in [1.82, 2.24) is 5.32 Å². The number of aliphatic hydroxyl groups is 1. The van der Waals surface area contributed by atoms with Crippen molar-refractivity contribution in [2.45, 2.75) is 26.9 Å². The van der Waals surface area contributed by atoms with E-state index in [1.807, 2.05) is 0 Å². The predicted molar refractivity (Wildman–Crippen MR) is 73.9 cm³/mol. The molecule has 3 nitrogen and oxygen atoms in total. The fraction of sp³-hybridized carbons (Fsp3) is 0.462. The molecule has 0 radical (unpaired) electrons. The Bertz CT molecular complexity index is 421. The lowest BCUT2D eigenvalue weighted by Gasteiger charge is -2.20. The van der Waals surface area contributed by atoms with E-state index in [2.05, 4.69) is 5.32 Å². The van der Waals surface area contributed by atoms with E-state index in [9.17, 15) is 9.90 Å². The van der Waals surface area contributed by atoms with E-state index in [1.165, 1.54) is 0 Å². The van der Waals surface area contributed by atoms with E-state index < -0.39 is 11.5 Å². The van der Waals surface area contributed by atoms with Gasteiger partial charge in [-0.25, -0.2) is 0 Å². The van der Waals surface area contributed by atoms with Crippen LogP contribution in [0.15, 0.2) is 18.2 Å². The summed E-state index contributed by atoms with van der Waals surface area (Å²) >= 11 is 11.9. The Kier molecular flexibility index (Phi) is 5.02. The third-order valence-corrected chi connectivity index (χ3v) is 3.13. The standard InChI is InChI=1S/C13H17Cl2NO2/c1-13(2,3)12(18)16-7-10(17)11-8(14)5-4-6-9(11)15/h4-6,10,17H,7H2,1-3H3,(H,16,18)/t10-/m0/s1. The van der Waals surface area contributed by atoms with Crippen molar-refractivity contribution in [3.05, 3.63) is 33.8 Å². The van der Waals surface area contributed by atoms with Crippen molar-refractivity contribution in [1.29, 1.82) is 0 Å². The Morgan fingerprint density at radius 3 is 2.28 bits per heavy atom. The molecule has 0 spiro atoms. The molecule has 5 heteroatoms. The maximum absolute atomic E-state index is 11.7. The largest absolute Gasteiger partial charge is 0.386 e.